The first-order valence-corrected chi connectivity index (χ1v) is 12.0. The minimum atomic E-state index is -4.11. The third-order valence-corrected chi connectivity index (χ3v) is 7.27. The summed E-state index contributed by atoms with van der Waals surface area (Å²) in [6, 6.07) is 13.8. The van der Waals surface area contributed by atoms with Crippen LogP contribution in [0.4, 0.5) is 10.1 Å². The van der Waals surface area contributed by atoms with Crippen molar-refractivity contribution in [3.05, 3.63) is 92.1 Å². The first-order valence-electron chi connectivity index (χ1n) is 9.01. The van der Waals surface area contributed by atoms with Crippen molar-refractivity contribution in [3.63, 3.8) is 0 Å². The van der Waals surface area contributed by atoms with Gasteiger partial charge in [0.05, 0.1) is 16.5 Å². The number of benzene rings is 3. The molecule has 0 atom stereocenters. The Kier molecular flexibility index (Phi) is 8.03. The fourth-order valence-electron chi connectivity index (χ4n) is 2.76. The van der Waals surface area contributed by atoms with Crippen molar-refractivity contribution in [3.8, 4) is 0 Å². The van der Waals surface area contributed by atoms with Crippen LogP contribution in [-0.4, -0.2) is 25.2 Å². The molecule has 3 aromatic rings. The summed E-state index contributed by atoms with van der Waals surface area (Å²) in [5.74, 6) is -1.30. The highest BCUT2D eigenvalue weighted by Crippen LogP contribution is 2.26. The molecule has 3 rings (SSSR count). The van der Waals surface area contributed by atoms with Crippen LogP contribution in [0.5, 0.6) is 0 Å². The van der Waals surface area contributed by atoms with Crippen LogP contribution in [0.1, 0.15) is 5.56 Å². The molecule has 3 aromatic carbocycles. The highest BCUT2D eigenvalue weighted by atomic mass is 35.5. The van der Waals surface area contributed by atoms with Crippen LogP contribution in [-0.2, 0) is 21.4 Å². The molecule has 1 amide bonds. The van der Waals surface area contributed by atoms with Crippen LogP contribution in [0, 0.1) is 5.82 Å². The maximum atomic E-state index is 13.4. The van der Waals surface area contributed by atoms with Gasteiger partial charge in [-0.05, 0) is 60.2 Å². The molecule has 0 aromatic heterocycles. The van der Waals surface area contributed by atoms with Gasteiger partial charge in [0.25, 0.3) is 0 Å². The fourth-order valence-corrected chi connectivity index (χ4v) is 4.91. The van der Waals surface area contributed by atoms with E-state index in [-0.39, 0.29) is 27.2 Å². The summed E-state index contributed by atoms with van der Waals surface area (Å²) < 4.78 is 40.9. The molecule has 0 aliphatic carbocycles. The van der Waals surface area contributed by atoms with Crippen LogP contribution in [0.3, 0.4) is 0 Å². The van der Waals surface area contributed by atoms with Crippen molar-refractivity contribution in [2.75, 3.05) is 11.9 Å². The number of hydrogen-bond acceptors (Lipinski definition) is 3. The average molecular weight is 536 g/mol. The molecule has 0 radical (unpaired) electrons. The maximum absolute atomic E-state index is 13.4. The number of sulfonamides is 1. The monoisotopic (exact) mass is 534 g/mol. The molecule has 0 bridgehead atoms. The second-order valence-corrected chi connectivity index (χ2v) is 10.3. The number of halogens is 5. The van der Waals surface area contributed by atoms with Crippen LogP contribution < -0.4 is 5.32 Å². The van der Waals surface area contributed by atoms with Crippen LogP contribution in [0.15, 0.2) is 65.6 Å². The Morgan fingerprint density at radius 1 is 0.875 bits per heavy atom. The van der Waals surface area contributed by atoms with Gasteiger partial charge in [0.1, 0.15) is 5.82 Å². The van der Waals surface area contributed by atoms with Crippen molar-refractivity contribution in [2.24, 2.45) is 0 Å². The summed E-state index contributed by atoms with van der Waals surface area (Å²) in [4.78, 5) is 12.6. The number of carbonyl (C=O) groups is 1. The lowest BCUT2D eigenvalue weighted by Gasteiger charge is -2.22. The first kappa shape index (κ1) is 24.8. The van der Waals surface area contributed by atoms with Gasteiger partial charge < -0.3 is 5.32 Å². The molecule has 11 heteroatoms. The zero-order valence-corrected chi connectivity index (χ0v) is 20.0. The van der Waals surface area contributed by atoms with Crippen molar-refractivity contribution in [1.29, 1.82) is 0 Å². The predicted molar refractivity (Wildman–Crippen MR) is 126 cm³/mol. The van der Waals surface area contributed by atoms with E-state index in [4.69, 9.17) is 46.4 Å². The van der Waals surface area contributed by atoms with Gasteiger partial charge in [-0.25, -0.2) is 12.8 Å². The SMILES string of the molecule is O=C(CN(Cc1ccc(Cl)cc1Cl)S(=O)(=O)c1ccc(Cl)cc1)Nc1ccc(F)c(Cl)c1. The van der Waals surface area contributed by atoms with Gasteiger partial charge in [0, 0.05) is 27.3 Å². The number of rotatable bonds is 7. The maximum Gasteiger partial charge on any atom is 0.243 e. The van der Waals surface area contributed by atoms with E-state index in [1.165, 1.54) is 42.5 Å². The van der Waals surface area contributed by atoms with Crippen molar-refractivity contribution in [1.82, 2.24) is 4.31 Å². The van der Waals surface area contributed by atoms with Gasteiger partial charge in [-0.1, -0.05) is 52.5 Å². The zero-order chi connectivity index (χ0) is 23.5. The van der Waals surface area contributed by atoms with Gasteiger partial charge in [0.2, 0.25) is 15.9 Å². The summed E-state index contributed by atoms with van der Waals surface area (Å²) in [6.07, 6.45) is 0. The molecule has 0 unspecified atom stereocenters. The average Bonchev–Trinajstić information content (AvgIpc) is 2.72. The summed E-state index contributed by atoms with van der Waals surface area (Å²) in [5.41, 5.74) is 0.668. The van der Waals surface area contributed by atoms with E-state index in [9.17, 15) is 17.6 Å². The van der Waals surface area contributed by atoms with E-state index >= 15 is 0 Å². The molecule has 0 saturated carbocycles. The van der Waals surface area contributed by atoms with Gasteiger partial charge in [-0.3, -0.25) is 4.79 Å². The Labute approximate surface area is 204 Å². The van der Waals surface area contributed by atoms with Gasteiger partial charge in [0.15, 0.2) is 0 Å². The van der Waals surface area contributed by atoms with E-state index in [1.54, 1.807) is 12.1 Å². The molecule has 1 N–H and O–H groups in total. The molecule has 0 heterocycles. The normalized spacial score (nSPS) is 11.6. The number of nitrogens with zero attached hydrogens (tertiary/aromatic N) is 1. The minimum absolute atomic E-state index is 0.0513. The lowest BCUT2D eigenvalue weighted by molar-refractivity contribution is -0.116. The third kappa shape index (κ3) is 6.13. The number of hydrogen-bond donors (Lipinski definition) is 1. The summed E-state index contributed by atoms with van der Waals surface area (Å²) in [7, 11) is -4.11. The molecule has 0 saturated heterocycles. The smallest absolute Gasteiger partial charge is 0.243 e. The fraction of sp³-hybridized carbons (Fsp3) is 0.0952. The van der Waals surface area contributed by atoms with Crippen molar-refractivity contribution in [2.45, 2.75) is 11.4 Å². The van der Waals surface area contributed by atoms with Crippen LogP contribution >= 0.6 is 46.4 Å². The lowest BCUT2D eigenvalue weighted by atomic mass is 10.2. The Morgan fingerprint density at radius 2 is 1.53 bits per heavy atom. The highest BCUT2D eigenvalue weighted by Gasteiger charge is 2.28. The molecule has 32 heavy (non-hydrogen) atoms. The Hall–Kier alpha value is -1.87. The molecule has 168 valence electrons. The van der Waals surface area contributed by atoms with Gasteiger partial charge in [-0.2, -0.15) is 4.31 Å². The van der Waals surface area contributed by atoms with Gasteiger partial charge in [-0.15, -0.1) is 0 Å². The number of anilines is 1. The number of carbonyl (C=O) groups excluding carboxylic acids is 1. The topological polar surface area (TPSA) is 66.5 Å². The standard InChI is InChI=1S/C21H15Cl4FN2O3S/c22-14-3-6-17(7-4-14)32(30,31)28(11-13-1-2-15(23)9-18(13)24)12-21(29)27-16-5-8-20(26)19(25)10-16/h1-10H,11-12H2,(H,27,29). The van der Waals surface area contributed by atoms with Crippen LogP contribution in [0.2, 0.25) is 20.1 Å². The quantitative estimate of drug-likeness (QED) is 0.387. The van der Waals surface area contributed by atoms with Crippen molar-refractivity contribution < 1.29 is 17.6 Å². The summed E-state index contributed by atoms with van der Waals surface area (Å²) >= 11 is 23.7. The molecular formula is C21H15Cl4FN2O3S. The zero-order valence-electron chi connectivity index (χ0n) is 16.2. The number of amides is 1. The van der Waals surface area contributed by atoms with Crippen LogP contribution in [0.25, 0.3) is 0 Å². The summed E-state index contributed by atoms with van der Waals surface area (Å²) in [5, 5.41) is 3.33. The van der Waals surface area contributed by atoms with E-state index in [0.717, 1.165) is 10.4 Å². The first-order chi connectivity index (χ1) is 15.1. The molecule has 0 aliphatic heterocycles. The second-order valence-electron chi connectivity index (χ2n) is 6.64. The lowest BCUT2D eigenvalue weighted by Crippen LogP contribution is -2.37. The Bertz CT molecular complexity index is 1250. The molecule has 5 nitrogen and oxygen atoms in total. The molecule has 0 aliphatic rings. The van der Waals surface area contributed by atoms with E-state index in [0.29, 0.717) is 15.6 Å². The van der Waals surface area contributed by atoms with E-state index < -0.39 is 28.3 Å². The molecular weight excluding hydrogens is 521 g/mol. The molecule has 0 fully saturated rings. The largest absolute Gasteiger partial charge is 0.325 e. The minimum Gasteiger partial charge on any atom is -0.325 e. The summed E-state index contributed by atoms with van der Waals surface area (Å²) in [6.45, 7) is -0.739. The number of nitrogens with one attached hydrogen (secondary N) is 1. The predicted octanol–water partition coefficient (Wildman–Crippen LogP) is 6.27. The van der Waals surface area contributed by atoms with Gasteiger partial charge >= 0.3 is 0 Å². The Morgan fingerprint density at radius 3 is 2.16 bits per heavy atom. The van der Waals surface area contributed by atoms with E-state index in [1.807, 2.05) is 0 Å². The molecule has 0 spiro atoms. The van der Waals surface area contributed by atoms with Crippen molar-refractivity contribution >= 4 is 68.0 Å². The third-order valence-electron chi connectivity index (χ3n) is 4.34. The Balaban J connectivity index is 1.91. The second kappa shape index (κ2) is 10.4. The van der Waals surface area contributed by atoms with E-state index in [2.05, 4.69) is 5.32 Å². The highest BCUT2D eigenvalue weighted by molar-refractivity contribution is 7.89.